The Balaban J connectivity index is 1.69. The number of carbonyl (C=O) groups is 1. The van der Waals surface area contributed by atoms with Crippen molar-refractivity contribution >= 4 is 38.6 Å². The first-order valence-corrected chi connectivity index (χ1v) is 11.7. The largest absolute Gasteiger partial charge is 0.376 e. The lowest BCUT2D eigenvalue weighted by molar-refractivity contribution is -0.000158. The molecule has 0 aliphatic carbocycles. The maximum atomic E-state index is 12.8. The summed E-state index contributed by atoms with van der Waals surface area (Å²) in [6.45, 7) is 1.41. The summed E-state index contributed by atoms with van der Waals surface area (Å²) < 4.78 is 33.5. The van der Waals surface area contributed by atoms with Gasteiger partial charge in [-0.15, -0.1) is 22.7 Å². The number of likely N-dealkylation sites (N-methyl/N-ethyl adjacent to an activating group) is 1. The second kappa shape index (κ2) is 8.62. The van der Waals surface area contributed by atoms with Crippen LogP contribution in [0.4, 0.5) is 0 Å². The van der Waals surface area contributed by atoms with Gasteiger partial charge >= 0.3 is 0 Å². The van der Waals surface area contributed by atoms with Crippen molar-refractivity contribution in [2.45, 2.75) is 36.8 Å². The number of sulfonamides is 1. The molecule has 2 aromatic heterocycles. The van der Waals surface area contributed by atoms with Crippen LogP contribution in [0.15, 0.2) is 33.9 Å². The fraction of sp³-hybridized carbons (Fsp3) is 0.471. The minimum atomic E-state index is -3.75. The quantitative estimate of drug-likeness (QED) is 0.756. The number of thiophene rings is 2. The van der Waals surface area contributed by atoms with Crippen molar-refractivity contribution in [3.8, 4) is 0 Å². The maximum Gasteiger partial charge on any atom is 0.265 e. The van der Waals surface area contributed by atoms with Crippen LogP contribution in [0.25, 0.3) is 0 Å². The van der Waals surface area contributed by atoms with Gasteiger partial charge in [-0.3, -0.25) is 4.79 Å². The molecule has 3 heterocycles. The van der Waals surface area contributed by atoms with Gasteiger partial charge in [0.15, 0.2) is 0 Å². The molecular weight excluding hydrogens is 392 g/mol. The molecular formula is C17H22N2O4S3. The van der Waals surface area contributed by atoms with Gasteiger partial charge in [0.25, 0.3) is 5.91 Å². The van der Waals surface area contributed by atoms with Crippen molar-refractivity contribution in [1.29, 1.82) is 0 Å². The normalized spacial score (nSPS) is 18.0. The van der Waals surface area contributed by atoms with Crippen molar-refractivity contribution in [3.05, 3.63) is 38.7 Å². The van der Waals surface area contributed by atoms with E-state index in [9.17, 15) is 13.2 Å². The van der Waals surface area contributed by atoms with Crippen LogP contribution in [0.3, 0.4) is 0 Å². The maximum absolute atomic E-state index is 12.8. The molecule has 1 amide bonds. The van der Waals surface area contributed by atoms with E-state index in [2.05, 4.69) is 4.72 Å². The second-order valence-corrected chi connectivity index (χ2v) is 9.88. The summed E-state index contributed by atoms with van der Waals surface area (Å²) >= 11 is 2.63. The van der Waals surface area contributed by atoms with Crippen molar-refractivity contribution in [2.75, 3.05) is 20.2 Å². The lowest BCUT2D eigenvalue weighted by atomic mass is 10.1. The van der Waals surface area contributed by atoms with Crippen molar-refractivity contribution < 1.29 is 17.9 Å². The fourth-order valence-electron chi connectivity index (χ4n) is 2.84. The highest BCUT2D eigenvalue weighted by Gasteiger charge is 2.27. The molecule has 1 saturated heterocycles. The number of carbonyl (C=O) groups excluding carboxylic acids is 1. The van der Waals surface area contributed by atoms with E-state index in [1.54, 1.807) is 17.3 Å². The average Bonchev–Trinajstić information content (AvgIpc) is 3.32. The Morgan fingerprint density at radius 1 is 1.31 bits per heavy atom. The Bertz CT molecular complexity index is 824. The topological polar surface area (TPSA) is 75.7 Å². The molecule has 26 heavy (non-hydrogen) atoms. The van der Waals surface area contributed by atoms with Crippen molar-refractivity contribution in [3.63, 3.8) is 0 Å². The minimum Gasteiger partial charge on any atom is -0.376 e. The summed E-state index contributed by atoms with van der Waals surface area (Å²) in [5.74, 6) is -0.286. The standard InChI is InChI=1S/C17H22N2O4S3/c1-19(12-13-5-2-3-8-23-13)17(20)16-15(7-10-25-16)26(21,22)18-11-14-6-4-9-24-14/h4,6-7,9-10,13,18H,2-3,5,8,11-12H2,1H3. The van der Waals surface area contributed by atoms with Crippen molar-refractivity contribution in [2.24, 2.45) is 0 Å². The number of nitrogens with zero attached hydrogens (tertiary/aromatic N) is 1. The van der Waals surface area contributed by atoms with Crippen molar-refractivity contribution in [1.82, 2.24) is 9.62 Å². The van der Waals surface area contributed by atoms with Crippen LogP contribution in [0.1, 0.15) is 33.8 Å². The smallest absolute Gasteiger partial charge is 0.265 e. The van der Waals surface area contributed by atoms with E-state index in [0.29, 0.717) is 6.54 Å². The Morgan fingerprint density at radius 3 is 2.85 bits per heavy atom. The van der Waals surface area contributed by atoms with Gasteiger partial charge in [0.2, 0.25) is 10.0 Å². The number of rotatable bonds is 7. The van der Waals surface area contributed by atoms with Crippen LogP contribution in [-0.2, 0) is 21.3 Å². The predicted octanol–water partition coefficient (Wildman–Crippen LogP) is 2.93. The van der Waals surface area contributed by atoms with E-state index >= 15 is 0 Å². The third kappa shape index (κ3) is 4.72. The highest BCUT2D eigenvalue weighted by molar-refractivity contribution is 7.89. The number of nitrogens with one attached hydrogen (secondary N) is 1. The molecule has 9 heteroatoms. The molecule has 0 bridgehead atoms. The lowest BCUT2D eigenvalue weighted by Gasteiger charge is -2.27. The number of hydrogen-bond acceptors (Lipinski definition) is 6. The monoisotopic (exact) mass is 414 g/mol. The van der Waals surface area contributed by atoms with E-state index in [1.165, 1.54) is 17.4 Å². The van der Waals surface area contributed by atoms with Gasteiger partial charge < -0.3 is 9.64 Å². The van der Waals surface area contributed by atoms with Gasteiger partial charge in [-0.25, -0.2) is 13.1 Å². The molecule has 1 atom stereocenters. The van der Waals surface area contributed by atoms with E-state index < -0.39 is 10.0 Å². The SMILES string of the molecule is CN(CC1CCCCO1)C(=O)c1sccc1S(=O)(=O)NCc1cccs1. The molecule has 0 radical (unpaired) electrons. The summed E-state index contributed by atoms with van der Waals surface area (Å²) in [4.78, 5) is 15.5. The highest BCUT2D eigenvalue weighted by atomic mass is 32.2. The van der Waals surface area contributed by atoms with Crippen LogP contribution in [0.2, 0.25) is 0 Å². The Morgan fingerprint density at radius 2 is 2.15 bits per heavy atom. The first-order valence-electron chi connectivity index (χ1n) is 8.44. The average molecular weight is 415 g/mol. The molecule has 1 aliphatic heterocycles. The van der Waals surface area contributed by atoms with Gasteiger partial charge in [0, 0.05) is 31.6 Å². The summed E-state index contributed by atoms with van der Waals surface area (Å²) in [5, 5.41) is 3.53. The third-order valence-electron chi connectivity index (χ3n) is 4.23. The Hall–Kier alpha value is -1.26. The molecule has 0 spiro atoms. The van der Waals surface area contributed by atoms with Crippen LogP contribution >= 0.6 is 22.7 Å². The minimum absolute atomic E-state index is 0.0228. The zero-order chi connectivity index (χ0) is 18.6. The van der Waals surface area contributed by atoms with Crippen LogP contribution < -0.4 is 4.72 Å². The number of amides is 1. The van der Waals surface area contributed by atoms with E-state index in [0.717, 1.165) is 42.1 Å². The third-order valence-corrected chi connectivity index (χ3v) is 7.58. The summed E-state index contributed by atoms with van der Waals surface area (Å²) in [6.07, 6.45) is 3.10. The van der Waals surface area contributed by atoms with E-state index in [4.69, 9.17) is 4.74 Å². The molecule has 3 rings (SSSR count). The second-order valence-electron chi connectivity index (χ2n) is 6.19. The zero-order valence-electron chi connectivity index (χ0n) is 14.5. The van der Waals surface area contributed by atoms with E-state index in [-0.39, 0.29) is 28.3 Å². The molecule has 1 N–H and O–H groups in total. The lowest BCUT2D eigenvalue weighted by Crippen LogP contribution is -2.37. The number of ether oxygens (including phenoxy) is 1. The molecule has 2 aromatic rings. The first-order chi connectivity index (χ1) is 12.5. The fourth-order valence-corrected chi connectivity index (χ4v) is 5.99. The molecule has 0 aromatic carbocycles. The van der Waals surface area contributed by atoms with Crippen LogP contribution in [0, 0.1) is 0 Å². The molecule has 0 saturated carbocycles. The molecule has 1 fully saturated rings. The number of hydrogen-bond donors (Lipinski definition) is 1. The van der Waals surface area contributed by atoms with Gasteiger partial charge in [-0.05, 0) is 42.2 Å². The first kappa shape index (κ1) is 19.5. The van der Waals surface area contributed by atoms with E-state index in [1.807, 2.05) is 17.5 Å². The van der Waals surface area contributed by atoms with Gasteiger partial charge in [0.1, 0.15) is 9.77 Å². The van der Waals surface area contributed by atoms with Gasteiger partial charge in [-0.2, -0.15) is 0 Å². The van der Waals surface area contributed by atoms with Gasteiger partial charge in [-0.1, -0.05) is 6.07 Å². The Kier molecular flexibility index (Phi) is 6.46. The zero-order valence-corrected chi connectivity index (χ0v) is 17.0. The van der Waals surface area contributed by atoms with Crippen LogP contribution in [0.5, 0.6) is 0 Å². The Labute approximate surface area is 161 Å². The summed E-state index contributed by atoms with van der Waals surface area (Å²) in [7, 11) is -2.06. The predicted molar refractivity (Wildman–Crippen MR) is 103 cm³/mol. The molecule has 1 aliphatic rings. The molecule has 1 unspecified atom stereocenters. The summed E-state index contributed by atoms with van der Waals surface area (Å²) in [6, 6.07) is 5.22. The summed E-state index contributed by atoms with van der Waals surface area (Å²) in [5.41, 5.74) is 0. The molecule has 142 valence electrons. The van der Waals surface area contributed by atoms with Crippen LogP contribution in [-0.4, -0.2) is 45.5 Å². The highest BCUT2D eigenvalue weighted by Crippen LogP contribution is 2.24. The molecule has 6 nitrogen and oxygen atoms in total. The van der Waals surface area contributed by atoms with Gasteiger partial charge in [0.05, 0.1) is 6.10 Å².